The number of thioether (sulfide) groups is 1. The molecule has 32 heavy (non-hydrogen) atoms. The van der Waals surface area contributed by atoms with Crippen LogP contribution in [0, 0.1) is 0 Å². The molecule has 2 heterocycles. The number of para-hydroxylation sites is 1. The van der Waals surface area contributed by atoms with Crippen LogP contribution in [-0.2, 0) is 12.4 Å². The van der Waals surface area contributed by atoms with Crippen LogP contribution in [0.1, 0.15) is 31.6 Å². The third-order valence-corrected chi connectivity index (χ3v) is 6.56. The first kappa shape index (κ1) is 21.7. The molecule has 0 unspecified atom stereocenters. The van der Waals surface area contributed by atoms with Gasteiger partial charge in [-0.25, -0.2) is 0 Å². The number of thiophene rings is 1. The molecule has 0 saturated carbocycles. The Morgan fingerprint density at radius 1 is 0.875 bits per heavy atom. The van der Waals surface area contributed by atoms with Crippen molar-refractivity contribution in [1.29, 1.82) is 0 Å². The predicted octanol–water partition coefficient (Wildman–Crippen LogP) is 5.29. The second kappa shape index (κ2) is 10.7. The van der Waals surface area contributed by atoms with Gasteiger partial charge in [-0.05, 0) is 47.8 Å². The van der Waals surface area contributed by atoms with Crippen molar-refractivity contribution in [1.82, 2.24) is 10.9 Å². The molecule has 0 aliphatic rings. The lowest BCUT2D eigenvalue weighted by atomic mass is 10.2. The van der Waals surface area contributed by atoms with Gasteiger partial charge in [0.05, 0.1) is 5.56 Å². The molecule has 2 amide bonds. The first-order chi connectivity index (χ1) is 15.7. The number of ether oxygens (including phenoxy) is 1. The number of hydrogen-bond acceptors (Lipinski definition) is 6. The third kappa shape index (κ3) is 5.81. The van der Waals surface area contributed by atoms with Crippen molar-refractivity contribution in [3.05, 3.63) is 106 Å². The highest BCUT2D eigenvalue weighted by molar-refractivity contribution is 7.98. The molecule has 4 rings (SSSR count). The van der Waals surface area contributed by atoms with Gasteiger partial charge >= 0.3 is 5.91 Å². The Hall–Kier alpha value is -3.49. The maximum atomic E-state index is 12.6. The summed E-state index contributed by atoms with van der Waals surface area (Å²) in [7, 11) is 0. The molecule has 0 atom stereocenters. The summed E-state index contributed by atoms with van der Waals surface area (Å²) in [5.41, 5.74) is 5.35. The molecule has 8 heteroatoms. The highest BCUT2D eigenvalue weighted by Crippen LogP contribution is 2.27. The number of carbonyl (C=O) groups is 2. The minimum atomic E-state index is -0.548. The molecule has 6 nitrogen and oxygen atoms in total. The summed E-state index contributed by atoms with van der Waals surface area (Å²) >= 11 is 3.25. The van der Waals surface area contributed by atoms with Crippen molar-refractivity contribution >= 4 is 34.9 Å². The van der Waals surface area contributed by atoms with Crippen molar-refractivity contribution in [2.75, 3.05) is 0 Å². The van der Waals surface area contributed by atoms with Crippen LogP contribution in [0.3, 0.4) is 0 Å². The second-order valence-corrected chi connectivity index (χ2v) is 8.69. The Balaban J connectivity index is 1.30. The zero-order chi connectivity index (χ0) is 22.2. The lowest BCUT2D eigenvalue weighted by Gasteiger charge is -2.10. The fourth-order valence-electron chi connectivity index (χ4n) is 2.81. The van der Waals surface area contributed by atoms with E-state index in [0.717, 1.165) is 10.6 Å². The van der Waals surface area contributed by atoms with Gasteiger partial charge in [-0.3, -0.25) is 20.4 Å². The van der Waals surface area contributed by atoms with E-state index in [4.69, 9.17) is 9.15 Å². The number of hydrogen-bond donors (Lipinski definition) is 2. The predicted molar refractivity (Wildman–Crippen MR) is 125 cm³/mol. The van der Waals surface area contributed by atoms with Crippen molar-refractivity contribution in [2.24, 2.45) is 0 Å². The van der Waals surface area contributed by atoms with Crippen LogP contribution >= 0.6 is 23.1 Å². The van der Waals surface area contributed by atoms with Gasteiger partial charge in [0.15, 0.2) is 5.76 Å². The molecule has 0 aliphatic heterocycles. The fourth-order valence-corrected chi connectivity index (χ4v) is 4.64. The molecule has 0 radical (unpaired) electrons. The number of rotatable bonds is 8. The Bertz CT molecular complexity index is 1170. The highest BCUT2D eigenvalue weighted by Gasteiger charge is 2.15. The molecule has 2 aromatic heterocycles. The molecule has 4 aromatic rings. The van der Waals surface area contributed by atoms with Gasteiger partial charge < -0.3 is 9.15 Å². The molecule has 2 aromatic carbocycles. The van der Waals surface area contributed by atoms with Crippen molar-refractivity contribution in [3.8, 4) is 5.75 Å². The van der Waals surface area contributed by atoms with E-state index in [-0.39, 0.29) is 12.4 Å². The smallest absolute Gasteiger partial charge is 0.305 e. The maximum Gasteiger partial charge on any atom is 0.305 e. The summed E-state index contributed by atoms with van der Waals surface area (Å²) in [4.78, 5) is 27.1. The number of carbonyl (C=O) groups excluding carboxylic acids is 2. The first-order valence-corrected chi connectivity index (χ1v) is 11.7. The van der Waals surface area contributed by atoms with Gasteiger partial charge in [0.25, 0.3) is 5.91 Å². The van der Waals surface area contributed by atoms with Crippen molar-refractivity contribution in [2.45, 2.75) is 17.3 Å². The summed E-state index contributed by atoms with van der Waals surface area (Å²) < 4.78 is 11.1. The number of amides is 2. The summed E-state index contributed by atoms with van der Waals surface area (Å²) in [6.45, 7) is 0.193. The van der Waals surface area contributed by atoms with E-state index in [1.54, 1.807) is 41.3 Å². The molecule has 2 N–H and O–H groups in total. The van der Waals surface area contributed by atoms with Gasteiger partial charge in [0.1, 0.15) is 18.1 Å². The van der Waals surface area contributed by atoms with Crippen LogP contribution in [0.4, 0.5) is 0 Å². The number of nitrogens with one attached hydrogen (secondary N) is 2. The van der Waals surface area contributed by atoms with Crippen LogP contribution in [0.15, 0.2) is 93.6 Å². The second-order valence-electron chi connectivity index (χ2n) is 6.64. The van der Waals surface area contributed by atoms with E-state index in [9.17, 15) is 9.59 Å². The molecule has 0 spiro atoms. The molecule has 0 saturated heterocycles. The molecule has 0 aliphatic carbocycles. The third-order valence-electron chi connectivity index (χ3n) is 4.38. The Morgan fingerprint density at radius 3 is 2.47 bits per heavy atom. The highest BCUT2D eigenvalue weighted by atomic mass is 32.2. The van der Waals surface area contributed by atoms with Gasteiger partial charge in [-0.2, -0.15) is 0 Å². The molecule has 0 fully saturated rings. The van der Waals surface area contributed by atoms with Crippen LogP contribution in [0.2, 0.25) is 0 Å². The standard InChI is InChI=1S/C24H20N2O4S2/c27-23(20-10-4-5-11-22(20)32-16-19-9-6-14-31-19)25-26-24(28)21-13-12-18(30-21)15-29-17-7-2-1-3-8-17/h1-14H,15-16H2,(H,25,27)(H,26,28). The van der Waals surface area contributed by atoms with Crippen molar-refractivity contribution in [3.63, 3.8) is 0 Å². The zero-order valence-corrected chi connectivity index (χ0v) is 18.6. The topological polar surface area (TPSA) is 80.6 Å². The average molecular weight is 465 g/mol. The summed E-state index contributed by atoms with van der Waals surface area (Å²) in [5, 5.41) is 2.03. The largest absolute Gasteiger partial charge is 0.486 e. The van der Waals surface area contributed by atoms with Crippen LogP contribution < -0.4 is 15.6 Å². The summed E-state index contributed by atoms with van der Waals surface area (Å²) in [5.74, 6) is 1.12. The number of benzene rings is 2. The maximum absolute atomic E-state index is 12.6. The van der Waals surface area contributed by atoms with E-state index in [1.807, 2.05) is 53.9 Å². The monoisotopic (exact) mass is 464 g/mol. The van der Waals surface area contributed by atoms with E-state index in [1.165, 1.54) is 10.9 Å². The average Bonchev–Trinajstić information content (AvgIpc) is 3.53. The molecular weight excluding hydrogens is 444 g/mol. The van der Waals surface area contributed by atoms with Crippen LogP contribution in [-0.4, -0.2) is 11.8 Å². The van der Waals surface area contributed by atoms with Crippen LogP contribution in [0.5, 0.6) is 5.75 Å². The lowest BCUT2D eigenvalue weighted by Crippen LogP contribution is -2.41. The van der Waals surface area contributed by atoms with Gasteiger partial charge in [0, 0.05) is 15.5 Å². The fraction of sp³-hybridized carbons (Fsp3) is 0.0833. The van der Waals surface area contributed by atoms with Crippen LogP contribution in [0.25, 0.3) is 0 Å². The van der Waals surface area contributed by atoms with Gasteiger partial charge in [-0.15, -0.1) is 23.1 Å². The minimum absolute atomic E-state index is 0.0808. The Kier molecular flexibility index (Phi) is 7.27. The minimum Gasteiger partial charge on any atom is -0.486 e. The van der Waals surface area contributed by atoms with Gasteiger partial charge in [0.2, 0.25) is 0 Å². The van der Waals surface area contributed by atoms with Gasteiger partial charge in [-0.1, -0.05) is 36.4 Å². The number of furan rings is 1. The Morgan fingerprint density at radius 2 is 1.66 bits per heavy atom. The summed E-state index contributed by atoms with van der Waals surface area (Å²) in [6, 6.07) is 23.9. The first-order valence-electron chi connectivity index (χ1n) is 9.80. The zero-order valence-electron chi connectivity index (χ0n) is 16.9. The molecule has 0 bridgehead atoms. The quantitative estimate of drug-likeness (QED) is 0.274. The SMILES string of the molecule is O=C(NNC(=O)c1ccccc1SCc1cccs1)c1ccc(COc2ccccc2)o1. The molecular formula is C24H20N2O4S2. The lowest BCUT2D eigenvalue weighted by molar-refractivity contribution is 0.0827. The summed E-state index contributed by atoms with van der Waals surface area (Å²) in [6.07, 6.45) is 0. The number of hydrazine groups is 1. The van der Waals surface area contributed by atoms with E-state index >= 15 is 0 Å². The Labute approximate surface area is 193 Å². The van der Waals surface area contributed by atoms with Crippen molar-refractivity contribution < 1.29 is 18.7 Å². The van der Waals surface area contributed by atoms with E-state index in [2.05, 4.69) is 16.9 Å². The van der Waals surface area contributed by atoms with E-state index in [0.29, 0.717) is 17.1 Å². The van der Waals surface area contributed by atoms with E-state index < -0.39 is 11.8 Å². The molecule has 162 valence electrons. The normalized spacial score (nSPS) is 10.5.